The van der Waals surface area contributed by atoms with Gasteiger partial charge in [0.25, 0.3) is 5.91 Å². The van der Waals surface area contributed by atoms with Crippen molar-refractivity contribution in [3.63, 3.8) is 0 Å². The monoisotopic (exact) mass is 321 g/mol. The molecule has 122 valence electrons. The number of ether oxygens (including phenoxy) is 2. The highest BCUT2D eigenvalue weighted by atomic mass is 19.1. The van der Waals surface area contributed by atoms with Crippen molar-refractivity contribution in [2.24, 2.45) is 0 Å². The molecule has 0 saturated heterocycles. The van der Waals surface area contributed by atoms with Crippen LogP contribution in [0.2, 0.25) is 0 Å². The van der Waals surface area contributed by atoms with Crippen molar-refractivity contribution in [1.82, 2.24) is 5.32 Å². The smallest absolute Gasteiger partial charge is 0.258 e. The van der Waals surface area contributed by atoms with Gasteiger partial charge in [0.15, 0.2) is 6.61 Å². The molecule has 0 aromatic heterocycles. The summed E-state index contributed by atoms with van der Waals surface area (Å²) in [5.41, 5.74) is 0.212. The van der Waals surface area contributed by atoms with Crippen molar-refractivity contribution >= 4 is 5.91 Å². The molecule has 2 rings (SSSR count). The van der Waals surface area contributed by atoms with Gasteiger partial charge in [-0.1, -0.05) is 6.07 Å². The van der Waals surface area contributed by atoms with Crippen LogP contribution in [-0.2, 0) is 4.79 Å². The van der Waals surface area contributed by atoms with E-state index >= 15 is 0 Å². The van der Waals surface area contributed by atoms with Crippen LogP contribution in [0, 0.1) is 11.6 Å². The van der Waals surface area contributed by atoms with E-state index in [-0.39, 0.29) is 12.2 Å². The Balaban J connectivity index is 1.88. The summed E-state index contributed by atoms with van der Waals surface area (Å²) in [5, 5.41) is 2.60. The molecular formula is C17H17F2NO3. The molecule has 0 spiro atoms. The number of nitrogens with one attached hydrogen (secondary N) is 1. The lowest BCUT2D eigenvalue weighted by molar-refractivity contribution is -0.123. The van der Waals surface area contributed by atoms with Gasteiger partial charge in [-0.2, -0.15) is 0 Å². The highest BCUT2D eigenvalue weighted by Crippen LogP contribution is 2.18. The van der Waals surface area contributed by atoms with Gasteiger partial charge >= 0.3 is 0 Å². The molecule has 1 atom stereocenters. The standard InChI is InChI=1S/C17H17F2NO3/c1-11(15-8-3-12(18)9-16(15)19)20-17(21)10-23-14-6-4-13(22-2)5-7-14/h3-9,11H,10H2,1-2H3,(H,20,21)/t11-/m1/s1. The van der Waals surface area contributed by atoms with Crippen molar-refractivity contribution in [2.45, 2.75) is 13.0 Å². The Hall–Kier alpha value is -2.63. The summed E-state index contributed by atoms with van der Waals surface area (Å²) >= 11 is 0. The first-order valence-corrected chi connectivity index (χ1v) is 7.00. The van der Waals surface area contributed by atoms with E-state index in [1.54, 1.807) is 38.3 Å². The van der Waals surface area contributed by atoms with E-state index in [2.05, 4.69) is 5.32 Å². The second kappa shape index (κ2) is 7.58. The fourth-order valence-electron chi connectivity index (χ4n) is 2.03. The maximum atomic E-state index is 13.6. The van der Waals surface area contributed by atoms with Gasteiger partial charge < -0.3 is 14.8 Å². The molecule has 6 heteroatoms. The van der Waals surface area contributed by atoms with Gasteiger partial charge in [0.05, 0.1) is 13.2 Å². The minimum atomic E-state index is -0.700. The predicted octanol–water partition coefficient (Wildman–Crippen LogP) is 3.23. The van der Waals surface area contributed by atoms with E-state index in [9.17, 15) is 13.6 Å². The van der Waals surface area contributed by atoms with Crippen LogP contribution < -0.4 is 14.8 Å². The third kappa shape index (κ3) is 4.67. The Morgan fingerprint density at radius 3 is 2.39 bits per heavy atom. The Morgan fingerprint density at radius 2 is 1.78 bits per heavy atom. The summed E-state index contributed by atoms with van der Waals surface area (Å²) in [7, 11) is 1.55. The third-order valence-electron chi connectivity index (χ3n) is 3.24. The minimum absolute atomic E-state index is 0.209. The number of methoxy groups -OCH3 is 1. The Labute approximate surface area is 133 Å². The van der Waals surface area contributed by atoms with Crippen LogP contribution >= 0.6 is 0 Å². The summed E-state index contributed by atoms with van der Waals surface area (Å²) in [6, 6.07) is 9.42. The molecule has 2 aromatic carbocycles. The summed E-state index contributed by atoms with van der Waals surface area (Å²) in [6.07, 6.45) is 0. The summed E-state index contributed by atoms with van der Waals surface area (Å²) in [4.78, 5) is 11.8. The fourth-order valence-corrected chi connectivity index (χ4v) is 2.03. The number of hydrogen-bond acceptors (Lipinski definition) is 3. The molecule has 0 unspecified atom stereocenters. The molecule has 0 heterocycles. The zero-order valence-corrected chi connectivity index (χ0v) is 12.8. The van der Waals surface area contributed by atoms with Gasteiger partial charge in [0.2, 0.25) is 0 Å². The predicted molar refractivity (Wildman–Crippen MR) is 81.4 cm³/mol. The van der Waals surface area contributed by atoms with E-state index in [1.807, 2.05) is 0 Å². The molecule has 0 aliphatic heterocycles. The number of benzene rings is 2. The highest BCUT2D eigenvalue weighted by molar-refractivity contribution is 5.78. The van der Waals surface area contributed by atoms with Gasteiger partial charge in [-0.25, -0.2) is 8.78 Å². The van der Waals surface area contributed by atoms with Crippen LogP contribution in [0.1, 0.15) is 18.5 Å². The quantitative estimate of drug-likeness (QED) is 0.888. The van der Waals surface area contributed by atoms with Crippen LogP contribution in [-0.4, -0.2) is 19.6 Å². The van der Waals surface area contributed by atoms with E-state index in [4.69, 9.17) is 9.47 Å². The van der Waals surface area contributed by atoms with Crippen LogP contribution in [0.15, 0.2) is 42.5 Å². The second-order valence-corrected chi connectivity index (χ2v) is 4.92. The number of hydrogen-bond donors (Lipinski definition) is 1. The molecule has 0 bridgehead atoms. The Kier molecular flexibility index (Phi) is 5.51. The second-order valence-electron chi connectivity index (χ2n) is 4.92. The van der Waals surface area contributed by atoms with Crippen molar-refractivity contribution in [3.8, 4) is 11.5 Å². The molecule has 1 amide bonds. The lowest BCUT2D eigenvalue weighted by Gasteiger charge is -2.15. The van der Waals surface area contributed by atoms with Crippen LogP contribution in [0.3, 0.4) is 0 Å². The van der Waals surface area contributed by atoms with Crippen LogP contribution in [0.5, 0.6) is 11.5 Å². The van der Waals surface area contributed by atoms with Crippen molar-refractivity contribution in [3.05, 3.63) is 59.7 Å². The maximum Gasteiger partial charge on any atom is 0.258 e. The average Bonchev–Trinajstić information content (AvgIpc) is 2.53. The summed E-state index contributed by atoms with van der Waals surface area (Å²) in [6.45, 7) is 1.40. The molecule has 23 heavy (non-hydrogen) atoms. The van der Waals surface area contributed by atoms with E-state index in [0.717, 1.165) is 12.1 Å². The van der Waals surface area contributed by atoms with Gasteiger partial charge in [-0.3, -0.25) is 4.79 Å². The lowest BCUT2D eigenvalue weighted by Crippen LogP contribution is -2.31. The number of carbonyl (C=O) groups is 1. The normalized spacial score (nSPS) is 11.7. The van der Waals surface area contributed by atoms with E-state index in [1.165, 1.54) is 6.07 Å². The molecule has 4 nitrogen and oxygen atoms in total. The highest BCUT2D eigenvalue weighted by Gasteiger charge is 2.14. The SMILES string of the molecule is COc1ccc(OCC(=O)N[C@H](C)c2ccc(F)cc2F)cc1. The average molecular weight is 321 g/mol. The zero-order valence-electron chi connectivity index (χ0n) is 12.8. The minimum Gasteiger partial charge on any atom is -0.497 e. The molecule has 0 aliphatic rings. The van der Waals surface area contributed by atoms with Crippen molar-refractivity contribution < 1.29 is 23.0 Å². The van der Waals surface area contributed by atoms with Gasteiger partial charge in [0.1, 0.15) is 23.1 Å². The third-order valence-corrected chi connectivity index (χ3v) is 3.24. The first-order valence-electron chi connectivity index (χ1n) is 7.00. The van der Waals surface area contributed by atoms with E-state index < -0.39 is 23.6 Å². The summed E-state index contributed by atoms with van der Waals surface area (Å²) < 4.78 is 36.9. The summed E-state index contributed by atoms with van der Waals surface area (Å²) in [5.74, 6) is -0.567. The number of carbonyl (C=O) groups excluding carboxylic acids is 1. The lowest BCUT2D eigenvalue weighted by atomic mass is 10.1. The largest absolute Gasteiger partial charge is 0.497 e. The molecule has 2 aromatic rings. The Morgan fingerprint density at radius 1 is 1.13 bits per heavy atom. The molecular weight excluding hydrogens is 304 g/mol. The Bertz CT molecular complexity index is 674. The van der Waals surface area contributed by atoms with Crippen LogP contribution in [0.25, 0.3) is 0 Å². The van der Waals surface area contributed by atoms with Gasteiger partial charge in [-0.05, 0) is 37.3 Å². The van der Waals surface area contributed by atoms with Crippen LogP contribution in [0.4, 0.5) is 8.78 Å². The first kappa shape index (κ1) is 16.7. The number of rotatable bonds is 6. The zero-order chi connectivity index (χ0) is 16.8. The van der Waals surface area contributed by atoms with Gasteiger partial charge in [0, 0.05) is 11.6 Å². The van der Waals surface area contributed by atoms with E-state index in [0.29, 0.717) is 11.5 Å². The topological polar surface area (TPSA) is 47.6 Å². The number of halogens is 2. The molecule has 1 N–H and O–H groups in total. The molecule has 0 radical (unpaired) electrons. The van der Waals surface area contributed by atoms with Crippen molar-refractivity contribution in [2.75, 3.05) is 13.7 Å². The maximum absolute atomic E-state index is 13.6. The van der Waals surface area contributed by atoms with Crippen molar-refractivity contribution in [1.29, 1.82) is 0 Å². The number of amides is 1. The van der Waals surface area contributed by atoms with Gasteiger partial charge in [-0.15, -0.1) is 0 Å². The molecule has 0 aliphatic carbocycles. The molecule has 0 fully saturated rings. The molecule has 0 saturated carbocycles. The first-order chi connectivity index (χ1) is 11.0. The fraction of sp³-hybridized carbons (Fsp3) is 0.235.